The summed E-state index contributed by atoms with van der Waals surface area (Å²) in [5.74, 6) is 0.596. The van der Waals surface area contributed by atoms with Crippen LogP contribution in [0.5, 0.6) is 0 Å². The molecule has 2 N–H and O–H groups in total. The second-order valence-electron chi connectivity index (χ2n) is 4.63. The highest BCUT2D eigenvalue weighted by Gasteiger charge is 2.22. The van der Waals surface area contributed by atoms with Gasteiger partial charge < -0.3 is 10.5 Å². The lowest BCUT2D eigenvalue weighted by molar-refractivity contribution is 0.0480. The van der Waals surface area contributed by atoms with Gasteiger partial charge >= 0.3 is 0 Å². The van der Waals surface area contributed by atoms with E-state index in [1.165, 1.54) is 12.8 Å². The molecular formula is C11H23NO. The van der Waals surface area contributed by atoms with Gasteiger partial charge in [-0.05, 0) is 38.5 Å². The van der Waals surface area contributed by atoms with Crippen LogP contribution in [-0.4, -0.2) is 18.2 Å². The smallest absolute Gasteiger partial charge is 0.0580 e. The van der Waals surface area contributed by atoms with Crippen molar-refractivity contribution < 1.29 is 4.74 Å². The van der Waals surface area contributed by atoms with Crippen LogP contribution in [0.15, 0.2) is 0 Å². The highest BCUT2D eigenvalue weighted by atomic mass is 16.5. The number of hydrogen-bond donors (Lipinski definition) is 1. The lowest BCUT2D eigenvalue weighted by Gasteiger charge is -2.18. The van der Waals surface area contributed by atoms with Crippen LogP contribution < -0.4 is 5.73 Å². The summed E-state index contributed by atoms with van der Waals surface area (Å²) in [7, 11) is 0. The van der Waals surface area contributed by atoms with Gasteiger partial charge in [0.25, 0.3) is 0 Å². The van der Waals surface area contributed by atoms with E-state index in [1.807, 2.05) is 0 Å². The molecule has 13 heavy (non-hydrogen) atoms. The predicted molar refractivity (Wildman–Crippen MR) is 55.6 cm³/mol. The Morgan fingerprint density at radius 3 is 2.54 bits per heavy atom. The molecule has 0 aromatic rings. The Morgan fingerprint density at radius 1 is 1.38 bits per heavy atom. The Kier molecular flexibility index (Phi) is 4.20. The fourth-order valence-corrected chi connectivity index (χ4v) is 1.81. The molecule has 2 nitrogen and oxygen atoms in total. The Morgan fingerprint density at radius 2 is 2.08 bits per heavy atom. The molecule has 1 rings (SSSR count). The van der Waals surface area contributed by atoms with Gasteiger partial charge in [0.2, 0.25) is 0 Å². The molecule has 0 aliphatic carbocycles. The summed E-state index contributed by atoms with van der Waals surface area (Å²) in [5, 5.41) is 0. The summed E-state index contributed by atoms with van der Waals surface area (Å²) in [5.41, 5.74) is 5.97. The van der Waals surface area contributed by atoms with E-state index in [4.69, 9.17) is 10.5 Å². The van der Waals surface area contributed by atoms with E-state index in [9.17, 15) is 0 Å². The number of ether oxygens (including phenoxy) is 1. The van der Waals surface area contributed by atoms with E-state index in [0.29, 0.717) is 24.2 Å². The largest absolute Gasteiger partial charge is 0.375 e. The monoisotopic (exact) mass is 185 g/mol. The van der Waals surface area contributed by atoms with Gasteiger partial charge in [-0.25, -0.2) is 0 Å². The van der Waals surface area contributed by atoms with E-state index in [2.05, 4.69) is 20.8 Å². The van der Waals surface area contributed by atoms with Crippen molar-refractivity contribution in [3.05, 3.63) is 0 Å². The van der Waals surface area contributed by atoms with E-state index >= 15 is 0 Å². The molecule has 1 fully saturated rings. The van der Waals surface area contributed by atoms with Crippen LogP contribution in [-0.2, 0) is 4.74 Å². The molecule has 2 heteroatoms. The summed E-state index contributed by atoms with van der Waals surface area (Å²) in [4.78, 5) is 0. The minimum absolute atomic E-state index is 0.347. The van der Waals surface area contributed by atoms with E-state index in [-0.39, 0.29) is 0 Å². The normalized spacial score (nSPS) is 31.2. The average Bonchev–Trinajstić information content (AvgIpc) is 2.47. The summed E-state index contributed by atoms with van der Waals surface area (Å²) in [6.07, 6.45) is 5.66. The van der Waals surface area contributed by atoms with Gasteiger partial charge in [-0.1, -0.05) is 13.8 Å². The number of rotatable bonds is 4. The molecule has 0 spiro atoms. The predicted octanol–water partition coefficient (Wildman–Crippen LogP) is 2.32. The number of nitrogens with two attached hydrogens (primary N) is 1. The summed E-state index contributed by atoms with van der Waals surface area (Å²) in [6, 6.07) is 0.347. The van der Waals surface area contributed by atoms with Gasteiger partial charge in [0.15, 0.2) is 0 Å². The topological polar surface area (TPSA) is 35.2 Å². The summed E-state index contributed by atoms with van der Waals surface area (Å²) >= 11 is 0. The van der Waals surface area contributed by atoms with E-state index in [1.54, 1.807) is 0 Å². The maximum Gasteiger partial charge on any atom is 0.0580 e. The standard InChI is InChI=1S/C11H23NO/c1-8(2)11(12)7-6-10-5-4-9(3)13-10/h8-11H,4-7,12H2,1-3H3. The third kappa shape index (κ3) is 3.65. The molecule has 1 aliphatic heterocycles. The van der Waals surface area contributed by atoms with Crippen molar-refractivity contribution in [2.24, 2.45) is 11.7 Å². The quantitative estimate of drug-likeness (QED) is 0.729. The van der Waals surface area contributed by atoms with Crippen molar-refractivity contribution in [3.63, 3.8) is 0 Å². The lowest BCUT2D eigenvalue weighted by atomic mass is 9.98. The Hall–Kier alpha value is -0.0800. The molecule has 0 aromatic carbocycles. The van der Waals surface area contributed by atoms with Crippen molar-refractivity contribution in [1.29, 1.82) is 0 Å². The van der Waals surface area contributed by atoms with Crippen molar-refractivity contribution >= 4 is 0 Å². The molecule has 0 radical (unpaired) electrons. The Bertz CT molecular complexity index is 147. The van der Waals surface area contributed by atoms with Crippen molar-refractivity contribution in [2.75, 3.05) is 0 Å². The van der Waals surface area contributed by atoms with E-state index < -0.39 is 0 Å². The minimum atomic E-state index is 0.347. The van der Waals surface area contributed by atoms with Crippen LogP contribution in [0.25, 0.3) is 0 Å². The molecule has 0 saturated carbocycles. The Labute approximate surface area is 81.8 Å². The van der Waals surface area contributed by atoms with Gasteiger partial charge in [0, 0.05) is 6.04 Å². The first-order chi connectivity index (χ1) is 6.09. The van der Waals surface area contributed by atoms with Crippen LogP contribution >= 0.6 is 0 Å². The highest BCUT2D eigenvalue weighted by Crippen LogP contribution is 2.23. The Balaban J connectivity index is 2.12. The molecule has 3 atom stereocenters. The minimum Gasteiger partial charge on any atom is -0.375 e. The fourth-order valence-electron chi connectivity index (χ4n) is 1.81. The molecule has 0 bridgehead atoms. The van der Waals surface area contributed by atoms with Crippen molar-refractivity contribution in [3.8, 4) is 0 Å². The number of hydrogen-bond acceptors (Lipinski definition) is 2. The second kappa shape index (κ2) is 4.97. The first-order valence-corrected chi connectivity index (χ1v) is 5.50. The van der Waals surface area contributed by atoms with E-state index in [0.717, 1.165) is 12.8 Å². The van der Waals surface area contributed by atoms with Crippen LogP contribution in [0, 0.1) is 5.92 Å². The molecule has 1 heterocycles. The highest BCUT2D eigenvalue weighted by molar-refractivity contribution is 4.74. The SMILES string of the molecule is CC1CCC(CCC(N)C(C)C)O1. The van der Waals surface area contributed by atoms with Gasteiger partial charge in [-0.3, -0.25) is 0 Å². The maximum absolute atomic E-state index is 5.97. The molecule has 1 aliphatic rings. The van der Waals surface area contributed by atoms with Crippen LogP contribution in [0.1, 0.15) is 46.5 Å². The average molecular weight is 185 g/mol. The molecule has 3 unspecified atom stereocenters. The molecule has 0 amide bonds. The third-order valence-electron chi connectivity index (χ3n) is 3.00. The van der Waals surface area contributed by atoms with Crippen molar-refractivity contribution in [1.82, 2.24) is 0 Å². The first-order valence-electron chi connectivity index (χ1n) is 5.50. The molecular weight excluding hydrogens is 162 g/mol. The van der Waals surface area contributed by atoms with Crippen LogP contribution in [0.4, 0.5) is 0 Å². The van der Waals surface area contributed by atoms with Crippen molar-refractivity contribution in [2.45, 2.75) is 64.7 Å². The molecule has 0 aromatic heterocycles. The summed E-state index contributed by atoms with van der Waals surface area (Å²) in [6.45, 7) is 6.52. The zero-order chi connectivity index (χ0) is 9.84. The van der Waals surface area contributed by atoms with Gasteiger partial charge in [-0.15, -0.1) is 0 Å². The van der Waals surface area contributed by atoms with Gasteiger partial charge in [0.1, 0.15) is 0 Å². The van der Waals surface area contributed by atoms with Crippen LogP contribution in [0.2, 0.25) is 0 Å². The molecule has 78 valence electrons. The second-order valence-corrected chi connectivity index (χ2v) is 4.63. The zero-order valence-corrected chi connectivity index (χ0v) is 9.12. The maximum atomic E-state index is 5.97. The van der Waals surface area contributed by atoms with Gasteiger partial charge in [0.05, 0.1) is 12.2 Å². The van der Waals surface area contributed by atoms with Gasteiger partial charge in [-0.2, -0.15) is 0 Å². The lowest BCUT2D eigenvalue weighted by Crippen LogP contribution is -2.27. The first kappa shape index (κ1) is 11.0. The fraction of sp³-hybridized carbons (Fsp3) is 1.00. The van der Waals surface area contributed by atoms with Crippen LogP contribution in [0.3, 0.4) is 0 Å². The zero-order valence-electron chi connectivity index (χ0n) is 9.12. The summed E-state index contributed by atoms with van der Waals surface area (Å²) < 4.78 is 5.74. The third-order valence-corrected chi connectivity index (χ3v) is 3.00. The molecule has 1 saturated heterocycles.